The molecule has 0 aliphatic rings. The van der Waals surface area contributed by atoms with Crippen LogP contribution >= 0.6 is 0 Å². The van der Waals surface area contributed by atoms with Gasteiger partial charge in [-0.3, -0.25) is 0 Å². The Bertz CT molecular complexity index is 1540. The Labute approximate surface area is 190 Å². The van der Waals surface area contributed by atoms with Gasteiger partial charge in [-0.05, 0) is 41.8 Å². The summed E-state index contributed by atoms with van der Waals surface area (Å²) >= 11 is 0. The molecular weight excluding hydrogens is 454 g/mol. The predicted molar refractivity (Wildman–Crippen MR) is 115 cm³/mol. The standard InChI is InChI=1S/C27H12F6O/c1-34-19-13-23(29)21(24(30)14-19)9-5-16-3-7-17(22(28)11-16)6-2-15-4-8-20-18(10-15)12-25(31)27(33)26(20)32/h3-4,7-8,10-14H,1H3. The van der Waals surface area contributed by atoms with Gasteiger partial charge < -0.3 is 4.74 Å². The Morgan fingerprint density at radius 3 is 1.91 bits per heavy atom. The first-order valence-corrected chi connectivity index (χ1v) is 9.70. The maximum atomic E-state index is 14.5. The van der Waals surface area contributed by atoms with Gasteiger partial charge in [0.2, 0.25) is 0 Å². The molecule has 0 spiro atoms. The predicted octanol–water partition coefficient (Wildman–Crippen LogP) is 6.48. The number of benzene rings is 4. The third-order valence-corrected chi connectivity index (χ3v) is 4.87. The van der Waals surface area contributed by atoms with Crippen LogP contribution in [0.2, 0.25) is 0 Å². The highest BCUT2D eigenvalue weighted by atomic mass is 19.2. The SMILES string of the molecule is COc1cc(F)c(C#Cc2ccc(C#Cc3ccc4c(F)c(F)c(F)cc4c3)c(F)c2)c(F)c1. The van der Waals surface area contributed by atoms with Crippen molar-refractivity contribution in [2.24, 2.45) is 0 Å². The maximum absolute atomic E-state index is 14.5. The molecule has 0 aromatic heterocycles. The fourth-order valence-corrected chi connectivity index (χ4v) is 3.14. The third kappa shape index (κ3) is 4.55. The summed E-state index contributed by atoms with van der Waals surface area (Å²) in [6.45, 7) is 0. The Morgan fingerprint density at radius 2 is 1.24 bits per heavy atom. The van der Waals surface area contributed by atoms with Crippen molar-refractivity contribution in [3.63, 3.8) is 0 Å². The fourth-order valence-electron chi connectivity index (χ4n) is 3.14. The van der Waals surface area contributed by atoms with E-state index in [1.54, 1.807) is 0 Å². The van der Waals surface area contributed by atoms with Gasteiger partial charge in [0.15, 0.2) is 17.5 Å². The topological polar surface area (TPSA) is 9.23 Å². The first-order chi connectivity index (χ1) is 16.3. The molecule has 0 aliphatic heterocycles. The van der Waals surface area contributed by atoms with Crippen molar-refractivity contribution in [1.82, 2.24) is 0 Å². The molecule has 1 nitrogen and oxygen atoms in total. The van der Waals surface area contributed by atoms with E-state index in [1.807, 2.05) is 0 Å². The average molecular weight is 466 g/mol. The van der Waals surface area contributed by atoms with Crippen molar-refractivity contribution in [3.05, 3.63) is 112 Å². The van der Waals surface area contributed by atoms with Gasteiger partial charge in [0.05, 0.1) is 18.2 Å². The molecule has 0 bridgehead atoms. The van der Waals surface area contributed by atoms with E-state index in [-0.39, 0.29) is 27.6 Å². The van der Waals surface area contributed by atoms with Crippen molar-refractivity contribution in [3.8, 4) is 29.4 Å². The van der Waals surface area contributed by atoms with Crippen LogP contribution < -0.4 is 4.74 Å². The number of rotatable bonds is 1. The van der Waals surface area contributed by atoms with E-state index < -0.39 is 40.5 Å². The zero-order valence-corrected chi connectivity index (χ0v) is 17.4. The van der Waals surface area contributed by atoms with Gasteiger partial charge in [-0.1, -0.05) is 29.7 Å². The summed E-state index contributed by atoms with van der Waals surface area (Å²) in [6, 6.07) is 10.6. The molecule has 0 fully saturated rings. The summed E-state index contributed by atoms with van der Waals surface area (Å²) in [4.78, 5) is 0. The fraction of sp³-hybridized carbons (Fsp3) is 0.0370. The van der Waals surface area contributed by atoms with Gasteiger partial charge in [-0.15, -0.1) is 0 Å². The lowest BCUT2D eigenvalue weighted by Crippen LogP contribution is -1.93. The third-order valence-electron chi connectivity index (χ3n) is 4.87. The van der Waals surface area contributed by atoms with Gasteiger partial charge in [-0.25, -0.2) is 26.3 Å². The van der Waals surface area contributed by atoms with Gasteiger partial charge in [0.1, 0.15) is 23.2 Å². The summed E-state index contributed by atoms with van der Waals surface area (Å²) in [5.74, 6) is 3.37. The van der Waals surface area contributed by atoms with Crippen LogP contribution in [0, 0.1) is 58.6 Å². The molecule has 0 unspecified atom stereocenters. The lowest BCUT2D eigenvalue weighted by atomic mass is 10.1. The molecule has 0 heterocycles. The largest absolute Gasteiger partial charge is 0.497 e. The average Bonchev–Trinajstić information content (AvgIpc) is 2.81. The highest BCUT2D eigenvalue weighted by Gasteiger charge is 2.13. The normalized spacial score (nSPS) is 10.3. The molecule has 0 atom stereocenters. The zero-order valence-electron chi connectivity index (χ0n) is 17.4. The van der Waals surface area contributed by atoms with Crippen molar-refractivity contribution < 1.29 is 31.1 Å². The zero-order chi connectivity index (χ0) is 24.4. The van der Waals surface area contributed by atoms with Crippen LogP contribution in [0.25, 0.3) is 10.8 Å². The molecule has 34 heavy (non-hydrogen) atoms. The van der Waals surface area contributed by atoms with Crippen LogP contribution in [0.1, 0.15) is 22.3 Å². The molecule has 0 N–H and O–H groups in total. The van der Waals surface area contributed by atoms with E-state index in [2.05, 4.69) is 23.7 Å². The number of hydrogen-bond donors (Lipinski definition) is 0. The van der Waals surface area contributed by atoms with E-state index in [9.17, 15) is 26.3 Å². The van der Waals surface area contributed by atoms with Gasteiger partial charge in [0.25, 0.3) is 0 Å². The summed E-state index contributed by atoms with van der Waals surface area (Å²) in [6.07, 6.45) is 0. The molecule has 0 saturated carbocycles. The summed E-state index contributed by atoms with van der Waals surface area (Å²) < 4.78 is 87.9. The van der Waals surface area contributed by atoms with E-state index >= 15 is 0 Å². The Kier molecular flexibility index (Phi) is 6.21. The Balaban J connectivity index is 1.61. The molecular formula is C27H12F6O. The van der Waals surface area contributed by atoms with Crippen LogP contribution in [0.15, 0.2) is 54.6 Å². The molecule has 0 amide bonds. The minimum Gasteiger partial charge on any atom is -0.497 e. The van der Waals surface area contributed by atoms with Crippen LogP contribution in [0.3, 0.4) is 0 Å². The van der Waals surface area contributed by atoms with E-state index in [1.165, 1.54) is 37.4 Å². The number of ether oxygens (including phenoxy) is 1. The quantitative estimate of drug-likeness (QED) is 0.177. The molecule has 7 heteroatoms. The van der Waals surface area contributed by atoms with Crippen LogP contribution in [-0.4, -0.2) is 7.11 Å². The summed E-state index contributed by atoms with van der Waals surface area (Å²) in [5.41, 5.74) is 0.0149. The van der Waals surface area contributed by atoms with Crippen molar-refractivity contribution in [2.45, 2.75) is 0 Å². The van der Waals surface area contributed by atoms with Crippen molar-refractivity contribution in [2.75, 3.05) is 7.11 Å². The highest BCUT2D eigenvalue weighted by molar-refractivity contribution is 5.84. The monoisotopic (exact) mass is 466 g/mol. The highest BCUT2D eigenvalue weighted by Crippen LogP contribution is 2.24. The summed E-state index contributed by atoms with van der Waals surface area (Å²) in [5, 5.41) is -0.00409. The van der Waals surface area contributed by atoms with E-state index in [4.69, 9.17) is 4.74 Å². The molecule has 4 rings (SSSR count). The lowest BCUT2D eigenvalue weighted by molar-refractivity contribution is 0.406. The first-order valence-electron chi connectivity index (χ1n) is 9.70. The lowest BCUT2D eigenvalue weighted by Gasteiger charge is -2.03. The van der Waals surface area contributed by atoms with E-state index in [0.29, 0.717) is 5.56 Å². The van der Waals surface area contributed by atoms with Crippen molar-refractivity contribution >= 4 is 10.8 Å². The number of methoxy groups -OCH3 is 1. The van der Waals surface area contributed by atoms with Crippen LogP contribution in [-0.2, 0) is 0 Å². The number of hydrogen-bond acceptors (Lipinski definition) is 1. The second kappa shape index (κ2) is 9.25. The minimum absolute atomic E-state index is 0.00312. The molecule has 0 saturated heterocycles. The number of halogens is 6. The van der Waals surface area contributed by atoms with Crippen LogP contribution in [0.5, 0.6) is 5.75 Å². The summed E-state index contributed by atoms with van der Waals surface area (Å²) in [7, 11) is 1.27. The second-order valence-electron chi connectivity index (χ2n) is 7.08. The second-order valence-corrected chi connectivity index (χ2v) is 7.08. The molecule has 0 aliphatic carbocycles. The Morgan fingerprint density at radius 1 is 0.588 bits per heavy atom. The molecule has 0 radical (unpaired) electrons. The van der Waals surface area contributed by atoms with Gasteiger partial charge >= 0.3 is 0 Å². The minimum atomic E-state index is -1.56. The van der Waals surface area contributed by atoms with Crippen molar-refractivity contribution in [1.29, 1.82) is 0 Å². The Hall–Kier alpha value is -4.36. The molecule has 4 aromatic carbocycles. The van der Waals surface area contributed by atoms with Gasteiger partial charge in [0, 0.05) is 28.6 Å². The smallest absolute Gasteiger partial charge is 0.195 e. The maximum Gasteiger partial charge on any atom is 0.195 e. The molecule has 168 valence electrons. The molecule has 4 aromatic rings. The first kappa shape index (κ1) is 22.8. The number of fused-ring (bicyclic) bond motifs is 1. The van der Waals surface area contributed by atoms with E-state index in [0.717, 1.165) is 24.3 Å². The van der Waals surface area contributed by atoms with Crippen LogP contribution in [0.4, 0.5) is 26.3 Å². The van der Waals surface area contributed by atoms with Gasteiger partial charge in [-0.2, -0.15) is 0 Å².